The Morgan fingerprint density at radius 2 is 1.97 bits per heavy atom. The highest BCUT2D eigenvalue weighted by Crippen LogP contribution is 2.44. The summed E-state index contributed by atoms with van der Waals surface area (Å²) in [6.45, 7) is 1.05. The highest BCUT2D eigenvalue weighted by atomic mass is 32.2. The van der Waals surface area contributed by atoms with E-state index in [1.807, 2.05) is 19.0 Å². The van der Waals surface area contributed by atoms with E-state index in [1.54, 1.807) is 23.1 Å². The zero-order valence-corrected chi connectivity index (χ0v) is 19.7. The SMILES string of the molecule is CN(C)CCN(c1c2c(c(O)c3ncccc13)C(=O)N(CC1=CC=C(F)CC1)C2)S(C)(=O)=O. The Hall–Kier alpha value is -2.98. The molecule has 0 fully saturated rings. The lowest BCUT2D eigenvalue weighted by Gasteiger charge is -2.27. The summed E-state index contributed by atoms with van der Waals surface area (Å²) >= 11 is 0. The summed E-state index contributed by atoms with van der Waals surface area (Å²) < 4.78 is 40.4. The first-order valence-corrected chi connectivity index (χ1v) is 12.5. The predicted molar refractivity (Wildman–Crippen MR) is 125 cm³/mol. The summed E-state index contributed by atoms with van der Waals surface area (Å²) in [6.07, 6.45) is 6.49. The number of carbonyl (C=O) groups is 1. The molecule has 0 bridgehead atoms. The molecule has 1 aromatic heterocycles. The van der Waals surface area contributed by atoms with Crippen molar-refractivity contribution in [3.8, 4) is 5.75 Å². The van der Waals surface area contributed by atoms with Crippen LogP contribution in [0.4, 0.5) is 10.1 Å². The van der Waals surface area contributed by atoms with E-state index in [0.29, 0.717) is 29.6 Å². The zero-order chi connectivity index (χ0) is 23.9. The van der Waals surface area contributed by atoms with E-state index in [1.165, 1.54) is 16.6 Å². The van der Waals surface area contributed by atoms with Gasteiger partial charge >= 0.3 is 0 Å². The molecule has 1 aromatic carbocycles. The van der Waals surface area contributed by atoms with Crippen molar-refractivity contribution in [3.05, 3.63) is 53.0 Å². The van der Waals surface area contributed by atoms with Crippen LogP contribution in [-0.2, 0) is 16.6 Å². The molecule has 1 aliphatic carbocycles. The van der Waals surface area contributed by atoms with Gasteiger partial charge in [-0.05, 0) is 38.7 Å². The van der Waals surface area contributed by atoms with Gasteiger partial charge in [0.1, 0.15) is 11.3 Å². The van der Waals surface area contributed by atoms with Gasteiger partial charge in [-0.15, -0.1) is 0 Å². The van der Waals surface area contributed by atoms with E-state index < -0.39 is 15.9 Å². The lowest BCUT2D eigenvalue weighted by molar-refractivity contribution is 0.0789. The summed E-state index contributed by atoms with van der Waals surface area (Å²) in [5.74, 6) is -0.841. The minimum absolute atomic E-state index is 0.0767. The average Bonchev–Trinajstić information content (AvgIpc) is 3.07. The molecule has 10 heteroatoms. The van der Waals surface area contributed by atoms with Gasteiger partial charge in [0.2, 0.25) is 10.0 Å². The molecule has 0 unspecified atom stereocenters. The molecule has 0 spiro atoms. The van der Waals surface area contributed by atoms with Gasteiger partial charge in [-0.3, -0.25) is 14.1 Å². The van der Waals surface area contributed by atoms with E-state index in [0.717, 1.165) is 11.8 Å². The first kappa shape index (κ1) is 23.2. The van der Waals surface area contributed by atoms with E-state index >= 15 is 0 Å². The number of aromatic hydroxyl groups is 1. The van der Waals surface area contributed by atoms with Crippen LogP contribution in [0.3, 0.4) is 0 Å². The third kappa shape index (κ3) is 4.45. The highest BCUT2D eigenvalue weighted by molar-refractivity contribution is 7.92. The van der Waals surface area contributed by atoms with Crippen LogP contribution in [0, 0.1) is 0 Å². The normalized spacial score (nSPS) is 16.3. The number of sulfonamides is 1. The molecule has 176 valence electrons. The Labute approximate surface area is 192 Å². The molecule has 4 rings (SSSR count). The number of nitrogens with zero attached hydrogens (tertiary/aromatic N) is 4. The number of aromatic nitrogens is 1. The molecule has 2 aliphatic rings. The fourth-order valence-corrected chi connectivity index (χ4v) is 5.26. The smallest absolute Gasteiger partial charge is 0.258 e. The molecule has 1 amide bonds. The maximum Gasteiger partial charge on any atom is 0.258 e. The number of pyridine rings is 1. The van der Waals surface area contributed by atoms with Crippen LogP contribution >= 0.6 is 0 Å². The Balaban J connectivity index is 1.86. The van der Waals surface area contributed by atoms with Gasteiger partial charge in [0, 0.05) is 49.7 Å². The Bertz CT molecular complexity index is 1290. The van der Waals surface area contributed by atoms with Gasteiger partial charge < -0.3 is 14.9 Å². The molecule has 8 nitrogen and oxygen atoms in total. The lowest BCUT2D eigenvalue weighted by Crippen LogP contribution is -2.37. The molecular weight excluding hydrogens is 447 g/mol. The van der Waals surface area contributed by atoms with Crippen LogP contribution in [0.2, 0.25) is 0 Å². The molecule has 2 heterocycles. The lowest BCUT2D eigenvalue weighted by atomic mass is 10.0. The van der Waals surface area contributed by atoms with Crippen molar-refractivity contribution in [2.75, 3.05) is 44.3 Å². The van der Waals surface area contributed by atoms with Crippen molar-refractivity contribution in [3.63, 3.8) is 0 Å². The molecule has 33 heavy (non-hydrogen) atoms. The van der Waals surface area contributed by atoms with Gasteiger partial charge in [-0.25, -0.2) is 12.8 Å². The number of allylic oxidation sites excluding steroid dienone is 3. The van der Waals surface area contributed by atoms with Crippen molar-refractivity contribution in [2.45, 2.75) is 19.4 Å². The average molecular weight is 475 g/mol. The second-order valence-corrected chi connectivity index (χ2v) is 10.6. The minimum atomic E-state index is -3.70. The maximum atomic E-state index is 13.4. The molecule has 2 aromatic rings. The number of hydrogen-bond donors (Lipinski definition) is 1. The largest absolute Gasteiger partial charge is 0.505 e. The number of hydrogen-bond acceptors (Lipinski definition) is 6. The first-order chi connectivity index (χ1) is 15.6. The van der Waals surface area contributed by atoms with E-state index in [9.17, 15) is 22.7 Å². The monoisotopic (exact) mass is 474 g/mol. The van der Waals surface area contributed by atoms with Crippen LogP contribution in [-0.4, -0.2) is 74.2 Å². The summed E-state index contributed by atoms with van der Waals surface area (Å²) in [7, 11) is -0.00316. The van der Waals surface area contributed by atoms with Crippen molar-refractivity contribution in [1.29, 1.82) is 0 Å². The molecule has 1 N–H and O–H groups in total. The number of carbonyl (C=O) groups excluding carboxylic acids is 1. The third-order valence-electron chi connectivity index (χ3n) is 5.94. The third-order valence-corrected chi connectivity index (χ3v) is 7.11. The molecule has 1 aliphatic heterocycles. The van der Waals surface area contributed by atoms with Gasteiger partial charge in [-0.1, -0.05) is 11.6 Å². The van der Waals surface area contributed by atoms with Gasteiger partial charge in [0.05, 0.1) is 17.5 Å². The quantitative estimate of drug-likeness (QED) is 0.663. The predicted octanol–water partition coefficient (Wildman–Crippen LogP) is 2.80. The number of likely N-dealkylation sites (N-methyl/N-ethyl adjacent to an activating group) is 1. The number of fused-ring (bicyclic) bond motifs is 2. The van der Waals surface area contributed by atoms with E-state index in [4.69, 9.17) is 0 Å². The van der Waals surface area contributed by atoms with Gasteiger partial charge in [-0.2, -0.15) is 0 Å². The zero-order valence-electron chi connectivity index (χ0n) is 18.9. The molecule has 0 saturated heterocycles. The van der Waals surface area contributed by atoms with Crippen molar-refractivity contribution in [2.24, 2.45) is 0 Å². The van der Waals surface area contributed by atoms with Crippen LogP contribution < -0.4 is 4.31 Å². The summed E-state index contributed by atoms with van der Waals surface area (Å²) in [6, 6.07) is 3.38. The Morgan fingerprint density at radius 1 is 1.21 bits per heavy atom. The summed E-state index contributed by atoms with van der Waals surface area (Å²) in [5.41, 5.74) is 1.98. The number of benzene rings is 1. The summed E-state index contributed by atoms with van der Waals surface area (Å²) in [4.78, 5) is 21.0. The molecule has 0 radical (unpaired) electrons. The topological polar surface area (TPSA) is 94.1 Å². The fraction of sp³-hybridized carbons (Fsp3) is 0.391. The van der Waals surface area contributed by atoms with Crippen molar-refractivity contribution in [1.82, 2.24) is 14.8 Å². The first-order valence-electron chi connectivity index (χ1n) is 10.7. The van der Waals surface area contributed by atoms with Gasteiger partial charge in [0.25, 0.3) is 5.91 Å². The number of phenolic OH excluding ortho intramolecular Hbond substituents is 1. The fourth-order valence-electron chi connectivity index (χ4n) is 4.31. The van der Waals surface area contributed by atoms with Crippen molar-refractivity contribution >= 4 is 32.5 Å². The number of halogens is 1. The van der Waals surface area contributed by atoms with Gasteiger partial charge in [0.15, 0.2) is 5.75 Å². The Morgan fingerprint density at radius 3 is 2.61 bits per heavy atom. The number of rotatable bonds is 7. The van der Waals surface area contributed by atoms with E-state index in [-0.39, 0.29) is 48.7 Å². The standard InChI is InChI=1S/C23H27FN4O4S/c1-26(2)11-12-28(33(3,31)32)21-17-5-4-10-25-20(17)22(29)19-18(21)14-27(23(19)30)13-15-6-8-16(24)9-7-15/h4-6,8,10,29H,7,9,11-14H2,1-3H3. The number of amides is 1. The number of phenols is 1. The van der Waals surface area contributed by atoms with Crippen molar-refractivity contribution < 1.29 is 22.7 Å². The van der Waals surface area contributed by atoms with Crippen LogP contribution in [0.1, 0.15) is 28.8 Å². The maximum absolute atomic E-state index is 13.4. The summed E-state index contributed by atoms with van der Waals surface area (Å²) in [5, 5.41) is 11.4. The highest BCUT2D eigenvalue weighted by Gasteiger charge is 2.38. The second-order valence-electron chi connectivity index (χ2n) is 8.69. The molecule has 0 saturated carbocycles. The minimum Gasteiger partial charge on any atom is -0.505 e. The van der Waals surface area contributed by atoms with Crippen LogP contribution in [0.5, 0.6) is 5.75 Å². The van der Waals surface area contributed by atoms with Crippen LogP contribution in [0.25, 0.3) is 10.9 Å². The molecular formula is C23H27FN4O4S. The molecule has 0 atom stereocenters. The van der Waals surface area contributed by atoms with E-state index in [2.05, 4.69) is 4.98 Å². The van der Waals surface area contributed by atoms with Crippen LogP contribution in [0.15, 0.2) is 41.9 Å². The number of anilines is 1. The second kappa shape index (κ2) is 8.75. The Kier molecular flexibility index (Phi) is 6.15.